The van der Waals surface area contributed by atoms with Gasteiger partial charge in [-0.2, -0.15) is 24.3 Å². The molecule has 3 aromatic rings. The molecule has 0 atom stereocenters. The molecule has 0 N–H and O–H groups in total. The smallest absolute Gasteiger partial charge is 0.172 e. The van der Waals surface area contributed by atoms with Gasteiger partial charge in [-0.05, 0) is 13.3 Å². The van der Waals surface area contributed by atoms with E-state index in [1.54, 1.807) is 0 Å². The van der Waals surface area contributed by atoms with Crippen LogP contribution in [0.3, 0.4) is 0 Å². The maximum atomic E-state index is 9.80. The Kier molecular flexibility index (Phi) is 8.82. The Bertz CT molecular complexity index is 523. The van der Waals surface area contributed by atoms with Crippen molar-refractivity contribution < 1.29 is 29.7 Å². The van der Waals surface area contributed by atoms with Crippen LogP contribution in [-0.4, -0.2) is 13.3 Å². The number of fused-ring (bicyclic) bond motifs is 1. The van der Waals surface area contributed by atoms with Gasteiger partial charge in [-0.25, -0.2) is 12.1 Å². The van der Waals surface area contributed by atoms with Crippen LogP contribution < -0.4 is 5.30 Å². The summed E-state index contributed by atoms with van der Waals surface area (Å²) < 4.78 is 19.6. The summed E-state index contributed by atoms with van der Waals surface area (Å²) in [5, 5.41) is 4.26. The van der Waals surface area contributed by atoms with Crippen LogP contribution in [0.25, 0.3) is 10.8 Å². The van der Waals surface area contributed by atoms with E-state index in [2.05, 4.69) is 49.7 Å². The summed E-state index contributed by atoms with van der Waals surface area (Å²) in [5.41, 5.74) is 0. The summed E-state index contributed by atoms with van der Waals surface area (Å²) in [7, 11) is 0.0576. The molecule has 0 saturated carbocycles. The second kappa shape index (κ2) is 10.1. The molecular formula is C16H17F2PZr. The zero-order valence-corrected chi connectivity index (χ0v) is 14.9. The third-order valence-corrected chi connectivity index (χ3v) is 3.97. The van der Waals surface area contributed by atoms with Gasteiger partial charge in [0.25, 0.3) is 0 Å². The van der Waals surface area contributed by atoms with Crippen LogP contribution in [0, 0.1) is 0 Å². The third kappa shape index (κ3) is 6.20. The monoisotopic (exact) mass is 368 g/mol. The number of hydrogen-bond donors (Lipinski definition) is 0. The van der Waals surface area contributed by atoms with Crippen molar-refractivity contribution in [1.29, 1.82) is 0 Å². The second-order valence-electron chi connectivity index (χ2n) is 4.27. The van der Waals surface area contributed by atoms with Gasteiger partial charge in [0, 0.05) is 0 Å². The van der Waals surface area contributed by atoms with Crippen molar-refractivity contribution in [3.63, 3.8) is 0 Å². The van der Waals surface area contributed by atoms with E-state index in [0.29, 0.717) is 0 Å². The van der Waals surface area contributed by atoms with Crippen LogP contribution in [-0.2, 0) is 24.5 Å². The summed E-state index contributed by atoms with van der Waals surface area (Å²) >= 11 is -2.77. The van der Waals surface area contributed by atoms with Gasteiger partial charge in [0.2, 0.25) is 0 Å². The molecule has 0 unspecified atom stereocenters. The first-order valence-electron chi connectivity index (χ1n) is 6.14. The van der Waals surface area contributed by atoms with E-state index in [4.69, 9.17) is 0 Å². The molecule has 0 saturated heterocycles. The molecule has 0 nitrogen and oxygen atoms in total. The Morgan fingerprint density at radius 2 is 1.60 bits per heavy atom. The average Bonchev–Trinajstić information content (AvgIpc) is 3.12. The van der Waals surface area contributed by atoms with Crippen molar-refractivity contribution >= 4 is 24.0 Å². The molecular weight excluding hydrogens is 352 g/mol. The maximum Gasteiger partial charge on any atom is -0.172 e. The standard InChI is InChI=1S/C11H12P.C5H5.2FH.Zr/c1-12(2)11-7-9-5-3-4-6-10(9)8-11;1-2-4-5-3-1;;;/h3-8H,1-2H3;1-5H;2*1H;/q2*-1;;;+4/p-2. The molecule has 0 bridgehead atoms. The number of halogens is 2. The molecule has 0 aromatic heterocycles. The quantitative estimate of drug-likeness (QED) is 0.410. The molecule has 0 amide bonds. The van der Waals surface area contributed by atoms with E-state index in [-0.39, 0.29) is 7.92 Å². The van der Waals surface area contributed by atoms with Crippen molar-refractivity contribution in [2.75, 3.05) is 13.3 Å². The first kappa shape index (κ1) is 17.4. The Labute approximate surface area is 133 Å². The van der Waals surface area contributed by atoms with Crippen LogP contribution in [0.4, 0.5) is 5.25 Å². The predicted molar refractivity (Wildman–Crippen MR) is 82.2 cm³/mol. The molecule has 0 fully saturated rings. The van der Waals surface area contributed by atoms with Crippen LogP contribution in [0.15, 0.2) is 66.7 Å². The van der Waals surface area contributed by atoms with Gasteiger partial charge in [0.1, 0.15) is 0 Å². The first-order valence-corrected chi connectivity index (χ1v) is 10.2. The molecule has 0 radical (unpaired) electrons. The molecule has 0 aliphatic heterocycles. The SMILES string of the molecule is CP(C)c1cc2ccccc2[cH-]1.[F][Zr+2][F].c1cc[cH-]c1. The first-order chi connectivity index (χ1) is 9.69. The van der Waals surface area contributed by atoms with Gasteiger partial charge < -0.3 is 0 Å². The Balaban J connectivity index is 0.000000208. The number of rotatable bonds is 1. The van der Waals surface area contributed by atoms with Gasteiger partial charge in [-0.3, -0.25) is 0 Å². The van der Waals surface area contributed by atoms with Crippen molar-refractivity contribution in [2.45, 2.75) is 0 Å². The van der Waals surface area contributed by atoms with Crippen LogP contribution in [0.1, 0.15) is 0 Å². The summed E-state index contributed by atoms with van der Waals surface area (Å²) in [6.45, 7) is 4.59. The van der Waals surface area contributed by atoms with Gasteiger partial charge >= 0.3 is 29.7 Å². The van der Waals surface area contributed by atoms with Crippen molar-refractivity contribution in [1.82, 2.24) is 0 Å². The maximum absolute atomic E-state index is 9.80. The van der Waals surface area contributed by atoms with Crippen molar-refractivity contribution in [3.05, 3.63) is 66.7 Å². The minimum Gasteiger partial charge on any atom is -0.214 e. The largest absolute Gasteiger partial charge is 0.214 e. The molecule has 20 heavy (non-hydrogen) atoms. The van der Waals surface area contributed by atoms with E-state index >= 15 is 0 Å². The van der Waals surface area contributed by atoms with Crippen molar-refractivity contribution in [2.24, 2.45) is 0 Å². The number of benzene rings is 1. The fourth-order valence-corrected chi connectivity index (χ4v) is 2.51. The predicted octanol–water partition coefficient (Wildman–Crippen LogP) is 5.17. The van der Waals surface area contributed by atoms with Crippen molar-refractivity contribution in [3.8, 4) is 0 Å². The van der Waals surface area contributed by atoms with Gasteiger partial charge in [-0.1, -0.05) is 6.07 Å². The molecule has 0 aliphatic carbocycles. The van der Waals surface area contributed by atoms with E-state index < -0.39 is 24.5 Å². The second-order valence-corrected chi connectivity index (χ2v) is 6.93. The molecule has 0 spiro atoms. The summed E-state index contributed by atoms with van der Waals surface area (Å²) in [6.07, 6.45) is 0. The topological polar surface area (TPSA) is 0 Å². The minimum atomic E-state index is -2.77. The Hall–Kier alpha value is -0.647. The van der Waals surface area contributed by atoms with Crippen LogP contribution in [0.2, 0.25) is 0 Å². The fourth-order valence-electron chi connectivity index (χ4n) is 1.71. The minimum absolute atomic E-state index is 0.0576. The molecule has 3 rings (SSSR count). The molecule has 0 aliphatic rings. The molecule has 104 valence electrons. The average molecular weight is 370 g/mol. The van der Waals surface area contributed by atoms with Gasteiger partial charge in [0.05, 0.1) is 0 Å². The Morgan fingerprint density at radius 3 is 2.05 bits per heavy atom. The molecule has 0 heterocycles. The zero-order valence-electron chi connectivity index (χ0n) is 11.6. The van der Waals surface area contributed by atoms with Crippen LogP contribution in [0.5, 0.6) is 0 Å². The molecule has 4 heteroatoms. The van der Waals surface area contributed by atoms with Gasteiger partial charge in [0.15, 0.2) is 0 Å². The zero-order chi connectivity index (χ0) is 14.8. The third-order valence-electron chi connectivity index (χ3n) is 2.67. The fraction of sp³-hybridized carbons (Fsp3) is 0.125. The Morgan fingerprint density at radius 1 is 1.00 bits per heavy atom. The van der Waals surface area contributed by atoms with Crippen LogP contribution >= 0.6 is 7.92 Å². The van der Waals surface area contributed by atoms with Gasteiger partial charge in [-0.15, -0.1) is 48.3 Å². The normalized spacial score (nSPS) is 9.25. The summed E-state index contributed by atoms with van der Waals surface area (Å²) in [6, 6.07) is 23.2. The van der Waals surface area contributed by atoms with E-state index in [9.17, 15) is 5.25 Å². The van der Waals surface area contributed by atoms with E-state index in [1.807, 2.05) is 30.3 Å². The van der Waals surface area contributed by atoms with E-state index in [0.717, 1.165) is 0 Å². The summed E-state index contributed by atoms with van der Waals surface area (Å²) in [4.78, 5) is 0. The number of hydrogen-bond acceptors (Lipinski definition) is 0. The molecule has 3 aromatic carbocycles. The van der Waals surface area contributed by atoms with E-state index in [1.165, 1.54) is 16.1 Å². The summed E-state index contributed by atoms with van der Waals surface area (Å²) in [5.74, 6) is 0.